The van der Waals surface area contributed by atoms with Crippen LogP contribution < -0.4 is 42.5 Å². The van der Waals surface area contributed by atoms with Crippen LogP contribution in [0.25, 0.3) is 0 Å². The van der Waals surface area contributed by atoms with Gasteiger partial charge in [-0.05, 0) is 127 Å². The van der Waals surface area contributed by atoms with Gasteiger partial charge in [0.1, 0.15) is 0 Å². The molecule has 0 unspecified atom stereocenters. The zero-order valence-corrected chi connectivity index (χ0v) is 64.8. The molecule has 3 fully saturated rings. The summed E-state index contributed by atoms with van der Waals surface area (Å²) in [5.74, 6) is 5.10. The third-order valence-corrected chi connectivity index (χ3v) is 15.3. The number of nitrogens with one attached hydrogen (secondary N) is 8. The number of hydrogen-bond donors (Lipinski definition) is 8. The molecule has 3 aliphatic rings. The molecule has 1 aromatic rings. The molecule has 0 heterocycles. The average Bonchev–Trinajstić information content (AvgIpc) is 2.47. The highest BCUT2D eigenvalue weighted by molar-refractivity contribution is 5.78. The van der Waals surface area contributed by atoms with Gasteiger partial charge in [0.2, 0.25) is 17.7 Å². The highest BCUT2D eigenvalue weighted by Gasteiger charge is 2.19. The summed E-state index contributed by atoms with van der Waals surface area (Å²) >= 11 is 0. The largest absolute Gasteiger partial charge is 0.392 e. The zero-order valence-electron chi connectivity index (χ0n) is 64.8. The Morgan fingerprint density at radius 1 is 0.457 bits per heavy atom. The summed E-state index contributed by atoms with van der Waals surface area (Å²) in [6.45, 7) is 76.0. The minimum atomic E-state index is 0. The van der Waals surface area contributed by atoms with Gasteiger partial charge in [-0.1, -0.05) is 268 Å². The van der Waals surface area contributed by atoms with E-state index in [4.69, 9.17) is 0 Å². The van der Waals surface area contributed by atoms with Crippen LogP contribution in [-0.4, -0.2) is 80.5 Å². The van der Waals surface area contributed by atoms with E-state index < -0.39 is 0 Å². The van der Waals surface area contributed by atoms with E-state index in [-0.39, 0.29) is 63.3 Å². The van der Waals surface area contributed by atoms with Crippen LogP contribution in [-0.2, 0) is 20.9 Å². The molecule has 1 aromatic carbocycles. The van der Waals surface area contributed by atoms with E-state index in [0.29, 0.717) is 60.2 Å². The topological polar surface area (TPSA) is 151 Å². The molecular weight excluding hydrogens is 1160 g/mol. The Morgan fingerprint density at radius 3 is 1.05 bits per heavy atom. The van der Waals surface area contributed by atoms with Gasteiger partial charge in [0.15, 0.2) is 0 Å². The summed E-state index contributed by atoms with van der Waals surface area (Å²) in [4.78, 5) is 35.7. The maximum Gasteiger partial charge on any atom is 0.222 e. The predicted octanol–water partition coefficient (Wildman–Crippen LogP) is 20.5. The van der Waals surface area contributed by atoms with Gasteiger partial charge < -0.3 is 47.4 Å². The van der Waals surface area contributed by atoms with Crippen molar-refractivity contribution in [3.8, 4) is 0 Å². The van der Waals surface area contributed by atoms with E-state index in [1.165, 1.54) is 101 Å². The second kappa shape index (κ2) is 62.7. The molecule has 4 rings (SSSR count). The van der Waals surface area contributed by atoms with Crippen molar-refractivity contribution in [2.45, 2.75) is 309 Å². The van der Waals surface area contributed by atoms with Crippen molar-refractivity contribution in [3.05, 3.63) is 110 Å². The second-order valence-electron chi connectivity index (χ2n) is 29.3. The van der Waals surface area contributed by atoms with E-state index in [1.807, 2.05) is 97.9 Å². The predicted molar refractivity (Wildman–Crippen MR) is 424 cm³/mol. The molecule has 94 heavy (non-hydrogen) atoms. The number of allylic oxidation sites excluding steroid dienone is 6. The maximum absolute atomic E-state index is 11.3. The Kier molecular flexibility index (Phi) is 69.9. The van der Waals surface area contributed by atoms with E-state index in [2.05, 4.69) is 207 Å². The van der Waals surface area contributed by atoms with E-state index >= 15 is 0 Å². The Balaban J connectivity index is -0.000000148. The van der Waals surface area contributed by atoms with Gasteiger partial charge in [-0.3, -0.25) is 14.4 Å². The number of amides is 3. The molecule has 0 aromatic heterocycles. The molecule has 8 N–H and O–H groups in total. The van der Waals surface area contributed by atoms with Gasteiger partial charge in [-0.25, -0.2) is 0 Å². The fourth-order valence-electron chi connectivity index (χ4n) is 8.31. The van der Waals surface area contributed by atoms with Crippen LogP contribution >= 0.6 is 0 Å². The standard InChI is InChI=1S/C12H23N.C11H15NO.C10H19NO.C9H17NO.C9H19N.C8H17N.2C7H15N.C6H13N.3CH4/c1-10(2)11(3)13-9-12-7-5-4-6-8-12;1-9(2)11(13)12-8-10-6-4-3-5-7-10;1-8(2)10(12)11-9-6-4-3-5-7-9;1-7(2)9(11)10-8-5-3-4-6-8;1-7(2)8(3)10-9(4,5)6;1-6(2)8(5)9-7(3)4;1-6(2)7(3)8(4)5;1-5-8-7(4)6(2)3;1-5(2)6(3)7-4;;;/h10,12-13H,3-9H2,1-2H3;3-7,9H,8H2,1-2H3,(H,12,13);8-9H,3-7H2,1-2H3,(H,11,12);7-8H,3-6H2,1-2H3,(H,10,11);7,10H,3H2,1-2,4-6H3;6-7,9H,5H2,1-4H3;6H,3H2,1-2,4-5H3;6,8H,4-5H2,1-3H3;5,7H,3H2,1-2,4H3;3*1H4. The lowest BCUT2D eigenvalue weighted by atomic mass is 9.89. The monoisotopic (exact) mass is 1320 g/mol. The Morgan fingerprint density at radius 2 is 0.809 bits per heavy atom. The van der Waals surface area contributed by atoms with Crippen LogP contribution in [0.15, 0.2) is 104 Å². The first kappa shape index (κ1) is 105. The lowest BCUT2D eigenvalue weighted by Gasteiger charge is -2.25. The number of carbonyl (C=O) groups is 3. The lowest BCUT2D eigenvalue weighted by Crippen LogP contribution is -2.38. The normalized spacial score (nSPS) is 13.3. The molecule has 3 saturated carbocycles. The van der Waals surface area contributed by atoms with E-state index in [0.717, 1.165) is 47.4 Å². The highest BCUT2D eigenvalue weighted by atomic mass is 16.2. The van der Waals surface area contributed by atoms with Crippen LogP contribution in [0, 0.1) is 59.2 Å². The van der Waals surface area contributed by atoms with Crippen molar-refractivity contribution in [1.29, 1.82) is 0 Å². The Bertz CT molecular complexity index is 2030. The molecule has 3 aliphatic carbocycles. The SMILES string of the molecule is C.C.C.C=C(C(C)C)N(C)C.C=C(NC(C)(C)C)C(C)C.C=C(NC(C)C)C(C)C.C=C(NC)C(C)C.C=C(NCC)C(C)C.C=C(NCC1CCCCC1)C(C)C.CC(C)C(=O)NC1CCCC1.CC(C)C(=O)NC1CCCCC1.CC(C)C(=O)NCc1ccccc1. The Hall–Kier alpha value is -5.13. The van der Waals surface area contributed by atoms with Gasteiger partial charge in [0.25, 0.3) is 0 Å². The molecule has 0 atom stereocenters. The van der Waals surface area contributed by atoms with Crippen molar-refractivity contribution >= 4 is 17.7 Å². The summed E-state index contributed by atoms with van der Waals surface area (Å²) in [6, 6.07) is 11.4. The minimum absolute atomic E-state index is 0. The number of carbonyl (C=O) groups excluding carboxylic acids is 3. The maximum atomic E-state index is 11.3. The van der Waals surface area contributed by atoms with Crippen LogP contribution in [0.5, 0.6) is 0 Å². The first-order chi connectivity index (χ1) is 42.1. The molecule has 0 radical (unpaired) electrons. The van der Waals surface area contributed by atoms with Crippen molar-refractivity contribution in [2.24, 2.45) is 59.2 Å². The van der Waals surface area contributed by atoms with E-state index in [9.17, 15) is 14.4 Å². The first-order valence-corrected chi connectivity index (χ1v) is 35.5. The number of benzene rings is 1. The summed E-state index contributed by atoms with van der Waals surface area (Å²) in [6.07, 6.45) is 18.3. The van der Waals surface area contributed by atoms with Crippen LogP contribution in [0.3, 0.4) is 0 Å². The summed E-state index contributed by atoms with van der Waals surface area (Å²) in [7, 11) is 5.92. The quantitative estimate of drug-likeness (QED) is 0.0536. The lowest BCUT2D eigenvalue weighted by molar-refractivity contribution is -0.125. The third kappa shape index (κ3) is 66.9. The van der Waals surface area contributed by atoms with Crippen LogP contribution in [0.1, 0.15) is 284 Å². The van der Waals surface area contributed by atoms with Gasteiger partial charge in [0.05, 0.1) is 0 Å². The van der Waals surface area contributed by atoms with Crippen molar-refractivity contribution in [2.75, 3.05) is 34.2 Å². The molecule has 12 nitrogen and oxygen atoms in total. The zero-order chi connectivity index (χ0) is 71.6. The number of nitrogens with zero attached hydrogens (tertiary/aromatic N) is 1. The van der Waals surface area contributed by atoms with Crippen LogP contribution in [0.2, 0.25) is 0 Å². The molecule has 0 spiro atoms. The van der Waals surface area contributed by atoms with Crippen molar-refractivity contribution in [1.82, 2.24) is 47.4 Å². The van der Waals surface area contributed by atoms with Gasteiger partial charge in [-0.2, -0.15) is 0 Å². The Labute approximate surface area is 588 Å². The minimum Gasteiger partial charge on any atom is -0.392 e. The summed E-state index contributed by atoms with van der Waals surface area (Å²) < 4.78 is 0. The van der Waals surface area contributed by atoms with Crippen molar-refractivity contribution < 1.29 is 14.4 Å². The highest BCUT2D eigenvalue weighted by Crippen LogP contribution is 2.23. The molecule has 556 valence electrons. The van der Waals surface area contributed by atoms with Gasteiger partial charge in [0, 0.05) is 116 Å². The van der Waals surface area contributed by atoms with E-state index in [1.54, 1.807) is 0 Å². The first-order valence-electron chi connectivity index (χ1n) is 35.5. The molecule has 3 amide bonds. The molecule has 0 aliphatic heterocycles. The molecule has 0 saturated heterocycles. The fourth-order valence-corrected chi connectivity index (χ4v) is 8.31. The van der Waals surface area contributed by atoms with Gasteiger partial charge >= 0.3 is 0 Å². The fraction of sp³-hybridized carbons (Fsp3) is 0.744. The molecular formula is C82H165N9O3. The smallest absolute Gasteiger partial charge is 0.222 e. The average molecular weight is 1330 g/mol. The molecule has 12 heteroatoms. The number of rotatable bonds is 23. The summed E-state index contributed by atoms with van der Waals surface area (Å²) in [5, 5.41) is 25.1. The molecule has 0 bridgehead atoms. The van der Waals surface area contributed by atoms with Crippen LogP contribution in [0.4, 0.5) is 0 Å². The second-order valence-corrected chi connectivity index (χ2v) is 29.3. The van der Waals surface area contributed by atoms with Gasteiger partial charge in [-0.15, -0.1) is 0 Å². The van der Waals surface area contributed by atoms with Crippen molar-refractivity contribution in [3.63, 3.8) is 0 Å². The summed E-state index contributed by atoms with van der Waals surface area (Å²) in [5.41, 5.74) is 8.15. The number of hydrogen-bond acceptors (Lipinski definition) is 9. The third-order valence-electron chi connectivity index (χ3n) is 15.3.